The van der Waals surface area contributed by atoms with Gasteiger partial charge in [0, 0.05) is 0 Å². The standard InChI is InChI=1S/C12H20O4/c1-2-15-11(13)6-7-12(14)16-9-8-10-4-3-5-10/h10H,2-9H2,1H3. The molecule has 0 aromatic heterocycles. The lowest BCUT2D eigenvalue weighted by Gasteiger charge is -2.24. The normalized spacial score (nSPS) is 15.3. The number of hydrogen-bond acceptors (Lipinski definition) is 4. The number of carbonyl (C=O) groups is 2. The van der Waals surface area contributed by atoms with Crippen LogP contribution in [0, 0.1) is 5.92 Å². The maximum atomic E-state index is 11.2. The fourth-order valence-corrected chi connectivity index (χ4v) is 1.63. The van der Waals surface area contributed by atoms with Crippen LogP contribution in [0.2, 0.25) is 0 Å². The van der Waals surface area contributed by atoms with Crippen LogP contribution >= 0.6 is 0 Å². The van der Waals surface area contributed by atoms with Gasteiger partial charge in [0.1, 0.15) is 0 Å². The Bertz CT molecular complexity index is 233. The molecule has 0 aromatic rings. The highest BCUT2D eigenvalue weighted by atomic mass is 16.5. The van der Waals surface area contributed by atoms with E-state index < -0.39 is 0 Å². The van der Waals surface area contributed by atoms with E-state index in [-0.39, 0.29) is 24.8 Å². The van der Waals surface area contributed by atoms with Gasteiger partial charge in [-0.3, -0.25) is 9.59 Å². The van der Waals surface area contributed by atoms with E-state index >= 15 is 0 Å². The number of ether oxygens (including phenoxy) is 2. The Hall–Kier alpha value is -1.06. The lowest BCUT2D eigenvalue weighted by atomic mass is 9.83. The zero-order chi connectivity index (χ0) is 11.8. The monoisotopic (exact) mass is 228 g/mol. The van der Waals surface area contributed by atoms with Gasteiger partial charge in [-0.2, -0.15) is 0 Å². The van der Waals surface area contributed by atoms with Crippen molar-refractivity contribution in [3.63, 3.8) is 0 Å². The van der Waals surface area contributed by atoms with Crippen LogP contribution in [0.25, 0.3) is 0 Å². The van der Waals surface area contributed by atoms with E-state index in [0.717, 1.165) is 12.3 Å². The largest absolute Gasteiger partial charge is 0.466 e. The van der Waals surface area contributed by atoms with E-state index in [1.165, 1.54) is 19.3 Å². The predicted molar refractivity (Wildman–Crippen MR) is 58.8 cm³/mol. The Labute approximate surface area is 96.3 Å². The van der Waals surface area contributed by atoms with E-state index in [9.17, 15) is 9.59 Å². The maximum Gasteiger partial charge on any atom is 0.306 e. The minimum absolute atomic E-state index is 0.121. The van der Waals surface area contributed by atoms with Crippen molar-refractivity contribution in [1.82, 2.24) is 0 Å². The fourth-order valence-electron chi connectivity index (χ4n) is 1.63. The fraction of sp³-hybridized carbons (Fsp3) is 0.833. The van der Waals surface area contributed by atoms with Crippen molar-refractivity contribution in [1.29, 1.82) is 0 Å². The van der Waals surface area contributed by atoms with Crippen LogP contribution in [0.15, 0.2) is 0 Å². The Kier molecular flexibility index (Phi) is 5.90. The molecule has 0 unspecified atom stereocenters. The number of hydrogen-bond donors (Lipinski definition) is 0. The first-order valence-corrected chi connectivity index (χ1v) is 6.03. The molecule has 0 aliphatic heterocycles. The van der Waals surface area contributed by atoms with Crippen molar-refractivity contribution in [2.75, 3.05) is 13.2 Å². The van der Waals surface area contributed by atoms with Gasteiger partial charge in [-0.1, -0.05) is 19.3 Å². The molecule has 0 bridgehead atoms. The van der Waals surface area contributed by atoms with Crippen molar-refractivity contribution in [2.45, 2.75) is 45.4 Å². The quantitative estimate of drug-likeness (QED) is 0.626. The van der Waals surface area contributed by atoms with E-state index in [4.69, 9.17) is 9.47 Å². The summed E-state index contributed by atoms with van der Waals surface area (Å²) in [6.07, 6.45) is 5.05. The molecule has 1 rings (SSSR count). The van der Waals surface area contributed by atoms with Gasteiger partial charge in [0.2, 0.25) is 0 Å². The van der Waals surface area contributed by atoms with Crippen molar-refractivity contribution >= 4 is 11.9 Å². The van der Waals surface area contributed by atoms with Crippen molar-refractivity contribution in [2.24, 2.45) is 5.92 Å². The highest BCUT2D eigenvalue weighted by Gasteiger charge is 2.17. The summed E-state index contributed by atoms with van der Waals surface area (Å²) in [5, 5.41) is 0. The molecular formula is C12H20O4. The molecule has 4 nitrogen and oxygen atoms in total. The molecule has 0 N–H and O–H groups in total. The molecule has 0 saturated heterocycles. The molecule has 16 heavy (non-hydrogen) atoms. The zero-order valence-electron chi connectivity index (χ0n) is 9.87. The first-order chi connectivity index (χ1) is 7.72. The number of carbonyl (C=O) groups excluding carboxylic acids is 2. The Morgan fingerprint density at radius 1 is 1.12 bits per heavy atom. The van der Waals surface area contributed by atoms with Crippen LogP contribution in [0.1, 0.15) is 45.4 Å². The van der Waals surface area contributed by atoms with Crippen molar-refractivity contribution < 1.29 is 19.1 Å². The van der Waals surface area contributed by atoms with Gasteiger partial charge in [-0.25, -0.2) is 0 Å². The number of esters is 2. The molecule has 92 valence electrons. The molecule has 4 heteroatoms. The van der Waals surface area contributed by atoms with Crippen LogP contribution < -0.4 is 0 Å². The third-order valence-electron chi connectivity index (χ3n) is 2.85. The molecule has 1 fully saturated rings. The van der Waals surface area contributed by atoms with E-state index in [1.807, 2.05) is 0 Å². The summed E-state index contributed by atoms with van der Waals surface area (Å²) >= 11 is 0. The topological polar surface area (TPSA) is 52.6 Å². The molecule has 1 aliphatic rings. The lowest BCUT2D eigenvalue weighted by Crippen LogP contribution is -2.16. The SMILES string of the molecule is CCOC(=O)CCC(=O)OCCC1CCC1. The highest BCUT2D eigenvalue weighted by Crippen LogP contribution is 2.29. The predicted octanol–water partition coefficient (Wildman–Crippen LogP) is 2.06. The molecule has 0 heterocycles. The maximum absolute atomic E-state index is 11.2. The van der Waals surface area contributed by atoms with Gasteiger partial charge in [0.25, 0.3) is 0 Å². The highest BCUT2D eigenvalue weighted by molar-refractivity contribution is 5.77. The van der Waals surface area contributed by atoms with E-state index in [0.29, 0.717) is 13.2 Å². The second-order valence-corrected chi connectivity index (χ2v) is 4.11. The summed E-state index contributed by atoms with van der Waals surface area (Å²) in [7, 11) is 0. The van der Waals surface area contributed by atoms with Crippen LogP contribution in [-0.2, 0) is 19.1 Å². The molecule has 0 aromatic carbocycles. The molecular weight excluding hydrogens is 208 g/mol. The molecule has 0 radical (unpaired) electrons. The minimum atomic E-state index is -0.335. The molecule has 1 saturated carbocycles. The first-order valence-electron chi connectivity index (χ1n) is 6.03. The first kappa shape index (κ1) is 13.0. The van der Waals surface area contributed by atoms with Gasteiger partial charge < -0.3 is 9.47 Å². The average molecular weight is 228 g/mol. The van der Waals surface area contributed by atoms with Crippen LogP contribution in [0.4, 0.5) is 0 Å². The smallest absolute Gasteiger partial charge is 0.306 e. The summed E-state index contributed by atoms with van der Waals surface area (Å²) in [6, 6.07) is 0. The molecule has 1 aliphatic carbocycles. The van der Waals surface area contributed by atoms with Gasteiger partial charge in [0.15, 0.2) is 0 Å². The third kappa shape index (κ3) is 5.14. The van der Waals surface area contributed by atoms with Gasteiger partial charge in [-0.15, -0.1) is 0 Å². The van der Waals surface area contributed by atoms with Crippen LogP contribution in [0.5, 0.6) is 0 Å². The molecule has 0 spiro atoms. The van der Waals surface area contributed by atoms with Crippen LogP contribution in [0.3, 0.4) is 0 Å². The Morgan fingerprint density at radius 2 is 1.75 bits per heavy atom. The average Bonchev–Trinajstić information content (AvgIpc) is 2.19. The van der Waals surface area contributed by atoms with Crippen molar-refractivity contribution in [3.8, 4) is 0 Å². The van der Waals surface area contributed by atoms with Gasteiger partial charge in [-0.05, 0) is 19.3 Å². The summed E-state index contributed by atoms with van der Waals surface area (Å²) < 4.78 is 9.75. The Balaban J connectivity index is 1.95. The second kappa shape index (κ2) is 7.25. The minimum Gasteiger partial charge on any atom is -0.466 e. The van der Waals surface area contributed by atoms with Gasteiger partial charge >= 0.3 is 11.9 Å². The summed E-state index contributed by atoms with van der Waals surface area (Å²) in [5.41, 5.74) is 0. The lowest BCUT2D eigenvalue weighted by molar-refractivity contribution is -0.150. The van der Waals surface area contributed by atoms with Crippen molar-refractivity contribution in [3.05, 3.63) is 0 Å². The van der Waals surface area contributed by atoms with Gasteiger partial charge in [0.05, 0.1) is 26.1 Å². The van der Waals surface area contributed by atoms with E-state index in [2.05, 4.69) is 0 Å². The van der Waals surface area contributed by atoms with E-state index in [1.54, 1.807) is 6.92 Å². The molecule has 0 atom stereocenters. The number of rotatable bonds is 7. The second-order valence-electron chi connectivity index (χ2n) is 4.11. The third-order valence-corrected chi connectivity index (χ3v) is 2.85. The molecule has 0 amide bonds. The van der Waals surface area contributed by atoms with Crippen LogP contribution in [-0.4, -0.2) is 25.2 Å². The summed E-state index contributed by atoms with van der Waals surface area (Å²) in [4.78, 5) is 22.2. The Morgan fingerprint density at radius 3 is 2.25 bits per heavy atom. The zero-order valence-corrected chi connectivity index (χ0v) is 9.87. The summed E-state index contributed by atoms with van der Waals surface area (Å²) in [5.74, 6) is 0.115. The summed E-state index contributed by atoms with van der Waals surface area (Å²) in [6.45, 7) is 2.59.